The number of anilines is 1. The van der Waals surface area contributed by atoms with E-state index in [0.717, 1.165) is 6.07 Å². The van der Waals surface area contributed by atoms with Crippen molar-refractivity contribution < 1.29 is 17.9 Å². The van der Waals surface area contributed by atoms with Gasteiger partial charge in [0.25, 0.3) is 0 Å². The van der Waals surface area contributed by atoms with Gasteiger partial charge < -0.3 is 10.1 Å². The lowest BCUT2D eigenvalue weighted by Gasteiger charge is -2.10. The van der Waals surface area contributed by atoms with Gasteiger partial charge in [0, 0.05) is 13.7 Å². The number of hydrogen-bond acceptors (Lipinski definition) is 4. The molecule has 0 fully saturated rings. The molecule has 0 bridgehead atoms. The highest BCUT2D eigenvalue weighted by atomic mass is 35.5. The first-order chi connectivity index (χ1) is 7.93. The van der Waals surface area contributed by atoms with Crippen LogP contribution >= 0.6 is 11.6 Å². The summed E-state index contributed by atoms with van der Waals surface area (Å²) in [4.78, 5) is 0. The monoisotopic (exact) mass is 269 g/mol. The zero-order valence-corrected chi connectivity index (χ0v) is 9.72. The van der Waals surface area contributed by atoms with E-state index in [0.29, 0.717) is 13.2 Å². The first-order valence-corrected chi connectivity index (χ1v) is 5.15. The normalized spacial score (nSPS) is 13.5. The van der Waals surface area contributed by atoms with E-state index in [-0.39, 0.29) is 11.2 Å². The van der Waals surface area contributed by atoms with Crippen LogP contribution in [0.2, 0.25) is 0 Å². The third kappa shape index (κ3) is 4.74. The fraction of sp³-hybridized carbons (Fsp3) is 0.556. The first-order valence-electron chi connectivity index (χ1n) is 4.71. The van der Waals surface area contributed by atoms with Crippen molar-refractivity contribution in [3.05, 3.63) is 17.8 Å². The number of aromatic nitrogens is 2. The van der Waals surface area contributed by atoms with Crippen molar-refractivity contribution in [1.82, 2.24) is 10.2 Å². The maximum Gasteiger partial charge on any atom is 0.435 e. The highest BCUT2D eigenvalue weighted by Crippen LogP contribution is 2.26. The topological polar surface area (TPSA) is 47.0 Å². The highest BCUT2D eigenvalue weighted by molar-refractivity contribution is 6.21. The van der Waals surface area contributed by atoms with Crippen molar-refractivity contribution in [2.24, 2.45) is 0 Å². The molecule has 96 valence electrons. The molecule has 1 aromatic rings. The molecule has 0 amide bonds. The van der Waals surface area contributed by atoms with Crippen LogP contribution in [-0.4, -0.2) is 35.8 Å². The lowest BCUT2D eigenvalue weighted by atomic mass is 10.3. The Morgan fingerprint density at radius 2 is 2.12 bits per heavy atom. The van der Waals surface area contributed by atoms with Crippen LogP contribution in [0.1, 0.15) is 5.69 Å². The van der Waals surface area contributed by atoms with E-state index >= 15 is 0 Å². The van der Waals surface area contributed by atoms with Gasteiger partial charge in [-0.05, 0) is 12.1 Å². The second-order valence-electron chi connectivity index (χ2n) is 3.24. The fourth-order valence-corrected chi connectivity index (χ4v) is 1.24. The van der Waals surface area contributed by atoms with Gasteiger partial charge in [0.15, 0.2) is 5.69 Å². The Labute approximate surface area is 101 Å². The molecule has 1 N–H and O–H groups in total. The summed E-state index contributed by atoms with van der Waals surface area (Å²) in [6.07, 6.45) is -4.48. The number of nitrogens with one attached hydrogen (secondary N) is 1. The Hall–Kier alpha value is -1.08. The number of hydrogen-bond donors (Lipinski definition) is 1. The molecule has 1 unspecified atom stereocenters. The van der Waals surface area contributed by atoms with Crippen LogP contribution in [0, 0.1) is 0 Å². The molecule has 0 spiro atoms. The maximum atomic E-state index is 12.2. The quantitative estimate of drug-likeness (QED) is 0.832. The molecule has 1 heterocycles. The van der Waals surface area contributed by atoms with Gasteiger partial charge in [0.2, 0.25) is 0 Å². The molecule has 0 saturated heterocycles. The summed E-state index contributed by atoms with van der Waals surface area (Å²) in [7, 11) is 1.51. The number of methoxy groups -OCH3 is 1. The number of rotatable bonds is 5. The summed E-state index contributed by atoms with van der Waals surface area (Å²) in [5, 5.41) is 8.93. The molecule has 0 aliphatic rings. The van der Waals surface area contributed by atoms with Crippen molar-refractivity contribution in [2.75, 3.05) is 25.6 Å². The Morgan fingerprint density at radius 3 is 2.59 bits per heavy atom. The molecule has 0 aromatic carbocycles. The molecule has 1 aromatic heterocycles. The largest absolute Gasteiger partial charge is 0.435 e. The van der Waals surface area contributed by atoms with Crippen LogP contribution in [0.5, 0.6) is 0 Å². The first kappa shape index (κ1) is 14.0. The second-order valence-corrected chi connectivity index (χ2v) is 3.85. The van der Waals surface area contributed by atoms with Crippen LogP contribution in [0.4, 0.5) is 19.0 Å². The zero-order valence-electron chi connectivity index (χ0n) is 8.96. The lowest BCUT2D eigenvalue weighted by molar-refractivity contribution is -0.141. The smallest absolute Gasteiger partial charge is 0.383 e. The maximum absolute atomic E-state index is 12.2. The minimum atomic E-state index is -4.48. The van der Waals surface area contributed by atoms with E-state index < -0.39 is 11.9 Å². The van der Waals surface area contributed by atoms with Gasteiger partial charge in [-0.25, -0.2) is 0 Å². The molecule has 0 aliphatic heterocycles. The van der Waals surface area contributed by atoms with Gasteiger partial charge in [0.05, 0.1) is 12.0 Å². The van der Waals surface area contributed by atoms with E-state index in [1.807, 2.05) is 0 Å². The van der Waals surface area contributed by atoms with Crippen LogP contribution < -0.4 is 5.32 Å². The average molecular weight is 270 g/mol. The molecule has 1 atom stereocenters. The van der Waals surface area contributed by atoms with Crippen molar-refractivity contribution in [1.29, 1.82) is 0 Å². The van der Waals surface area contributed by atoms with Crippen LogP contribution in [0.15, 0.2) is 12.1 Å². The summed E-state index contributed by atoms with van der Waals surface area (Å²) in [5.41, 5.74) is -1.03. The van der Waals surface area contributed by atoms with Gasteiger partial charge in [-0.1, -0.05) is 0 Å². The molecular weight excluding hydrogens is 259 g/mol. The SMILES string of the molecule is COCC(Cl)CNc1ccc(C(F)(F)F)nn1. The molecule has 17 heavy (non-hydrogen) atoms. The molecule has 0 aliphatic carbocycles. The zero-order chi connectivity index (χ0) is 12.9. The highest BCUT2D eigenvalue weighted by Gasteiger charge is 2.32. The molecule has 1 rings (SSSR count). The number of ether oxygens (including phenoxy) is 1. The van der Waals surface area contributed by atoms with Crippen LogP contribution in [0.3, 0.4) is 0 Å². The van der Waals surface area contributed by atoms with Crippen molar-refractivity contribution in [3.8, 4) is 0 Å². The Kier molecular flexibility index (Phi) is 4.95. The standard InChI is InChI=1S/C9H11ClF3N3O/c1-17-5-6(10)4-14-8-3-2-7(15-16-8)9(11,12)13/h2-3,6H,4-5H2,1H3,(H,14,16). The predicted molar refractivity (Wildman–Crippen MR) is 57.0 cm³/mol. The molecule has 0 saturated carbocycles. The Balaban J connectivity index is 2.51. The van der Waals surface area contributed by atoms with Gasteiger partial charge in [-0.3, -0.25) is 0 Å². The van der Waals surface area contributed by atoms with E-state index in [4.69, 9.17) is 16.3 Å². The second kappa shape index (κ2) is 6.02. The predicted octanol–water partition coefficient (Wildman–Crippen LogP) is 2.16. The third-order valence-corrected chi connectivity index (χ3v) is 2.09. The van der Waals surface area contributed by atoms with Crippen molar-refractivity contribution >= 4 is 17.4 Å². The lowest BCUT2D eigenvalue weighted by Crippen LogP contribution is -2.20. The van der Waals surface area contributed by atoms with Gasteiger partial charge in [-0.2, -0.15) is 13.2 Å². The summed E-state index contributed by atoms with van der Waals surface area (Å²) >= 11 is 5.82. The average Bonchev–Trinajstić information content (AvgIpc) is 2.26. The molecule has 0 radical (unpaired) electrons. The number of halogens is 4. The Morgan fingerprint density at radius 1 is 1.41 bits per heavy atom. The van der Waals surface area contributed by atoms with E-state index in [1.54, 1.807) is 0 Å². The van der Waals surface area contributed by atoms with E-state index in [9.17, 15) is 13.2 Å². The van der Waals surface area contributed by atoms with Crippen molar-refractivity contribution in [2.45, 2.75) is 11.6 Å². The Bertz CT molecular complexity index is 344. The summed E-state index contributed by atoms with van der Waals surface area (Å²) in [6, 6.07) is 2.06. The van der Waals surface area contributed by atoms with E-state index in [1.165, 1.54) is 13.2 Å². The minimum absolute atomic E-state index is 0.236. The van der Waals surface area contributed by atoms with Crippen LogP contribution in [0.25, 0.3) is 0 Å². The fourth-order valence-electron chi connectivity index (χ4n) is 1.03. The molecule has 4 nitrogen and oxygen atoms in total. The molecular formula is C9H11ClF3N3O. The van der Waals surface area contributed by atoms with E-state index in [2.05, 4.69) is 15.5 Å². The summed E-state index contributed by atoms with van der Waals surface area (Å²) < 4.78 is 41.3. The number of nitrogens with zero attached hydrogens (tertiary/aromatic N) is 2. The van der Waals surface area contributed by atoms with Gasteiger partial charge in [0.1, 0.15) is 5.82 Å². The number of alkyl halides is 4. The van der Waals surface area contributed by atoms with Crippen LogP contribution in [-0.2, 0) is 10.9 Å². The van der Waals surface area contributed by atoms with Gasteiger partial charge >= 0.3 is 6.18 Å². The summed E-state index contributed by atoms with van der Waals surface area (Å²) in [5.74, 6) is 0.236. The third-order valence-electron chi connectivity index (χ3n) is 1.81. The van der Waals surface area contributed by atoms with Crippen molar-refractivity contribution in [3.63, 3.8) is 0 Å². The minimum Gasteiger partial charge on any atom is -0.383 e. The van der Waals surface area contributed by atoms with Gasteiger partial charge in [-0.15, -0.1) is 21.8 Å². The summed E-state index contributed by atoms with van der Waals surface area (Å²) in [6.45, 7) is 0.665. The molecule has 8 heteroatoms.